The third-order valence-corrected chi connectivity index (χ3v) is 8.42. The van der Waals surface area contributed by atoms with Crippen molar-refractivity contribution in [1.82, 2.24) is 19.7 Å². The highest BCUT2D eigenvalue weighted by atomic mass is 35.5. The van der Waals surface area contributed by atoms with Gasteiger partial charge in [0.15, 0.2) is 5.69 Å². The van der Waals surface area contributed by atoms with Gasteiger partial charge in [-0.25, -0.2) is 9.97 Å². The highest BCUT2D eigenvalue weighted by Gasteiger charge is 2.47. The maximum Gasteiger partial charge on any atom is 0.276 e. The molecule has 2 aliphatic heterocycles. The van der Waals surface area contributed by atoms with E-state index in [1.165, 1.54) is 11.8 Å². The summed E-state index contributed by atoms with van der Waals surface area (Å²) in [6.07, 6.45) is 7.37. The summed E-state index contributed by atoms with van der Waals surface area (Å²) in [6.45, 7) is 4.57. The van der Waals surface area contributed by atoms with Gasteiger partial charge < -0.3 is 20.7 Å². The molecule has 1 spiro atoms. The first-order chi connectivity index (χ1) is 16.8. The summed E-state index contributed by atoms with van der Waals surface area (Å²) in [5.41, 5.74) is 7.35. The first-order valence-corrected chi connectivity index (χ1v) is 12.8. The van der Waals surface area contributed by atoms with Crippen LogP contribution in [0.1, 0.15) is 30.3 Å². The van der Waals surface area contributed by atoms with Crippen LogP contribution in [0.3, 0.4) is 0 Å². The van der Waals surface area contributed by atoms with E-state index in [0.29, 0.717) is 16.4 Å². The molecule has 1 aromatic carbocycles. The summed E-state index contributed by atoms with van der Waals surface area (Å²) in [4.78, 5) is 24.7. The number of nitrogens with zero attached hydrogens (tertiary/aromatic N) is 5. The zero-order chi connectivity index (χ0) is 24.6. The normalized spacial score (nSPS) is 21.4. The van der Waals surface area contributed by atoms with Gasteiger partial charge >= 0.3 is 0 Å². The number of aromatic nitrogens is 4. The van der Waals surface area contributed by atoms with Crippen molar-refractivity contribution in [2.75, 3.05) is 29.9 Å². The van der Waals surface area contributed by atoms with E-state index in [-0.39, 0.29) is 23.5 Å². The fourth-order valence-electron chi connectivity index (χ4n) is 4.70. The Morgan fingerprint density at radius 1 is 1.26 bits per heavy atom. The topological polar surface area (TPSA) is 111 Å². The third kappa shape index (κ3) is 4.88. The number of rotatable bonds is 5. The number of carbonyl (C=O) groups excluding carboxylic acids is 1. The zero-order valence-electron chi connectivity index (χ0n) is 19.6. The molecular formula is C24H28ClN7O2S. The van der Waals surface area contributed by atoms with Crippen molar-refractivity contribution in [3.63, 3.8) is 0 Å². The number of carbonyl (C=O) groups is 1. The number of hydrogen-bond donors (Lipinski definition) is 2. The molecule has 1 amide bonds. The summed E-state index contributed by atoms with van der Waals surface area (Å²) >= 11 is 7.99. The van der Waals surface area contributed by atoms with Gasteiger partial charge in [-0.3, -0.25) is 9.48 Å². The number of nitrogens with one attached hydrogen (secondary N) is 1. The molecule has 11 heteroatoms. The molecule has 2 atom stereocenters. The number of aryl methyl sites for hydroxylation is 1. The Kier molecular flexibility index (Phi) is 6.71. The van der Waals surface area contributed by atoms with Crippen molar-refractivity contribution in [3.8, 4) is 0 Å². The molecule has 0 bridgehead atoms. The van der Waals surface area contributed by atoms with Crippen LogP contribution >= 0.6 is 23.4 Å². The fourth-order valence-corrected chi connectivity index (χ4v) is 5.77. The molecule has 0 unspecified atom stereocenters. The lowest BCUT2D eigenvalue weighted by Crippen LogP contribution is -2.50. The molecule has 0 radical (unpaired) electrons. The lowest BCUT2D eigenvalue weighted by molar-refractivity contribution is 0.0974. The van der Waals surface area contributed by atoms with Crippen molar-refractivity contribution < 1.29 is 9.53 Å². The molecule has 2 fully saturated rings. The van der Waals surface area contributed by atoms with Gasteiger partial charge in [0.2, 0.25) is 0 Å². The number of benzene rings is 1. The van der Waals surface area contributed by atoms with Gasteiger partial charge in [0, 0.05) is 42.7 Å². The minimum absolute atomic E-state index is 0.0763. The van der Waals surface area contributed by atoms with E-state index in [1.807, 2.05) is 12.1 Å². The van der Waals surface area contributed by atoms with E-state index in [1.54, 1.807) is 42.5 Å². The minimum atomic E-state index is -0.318. The zero-order valence-corrected chi connectivity index (χ0v) is 21.2. The number of anilines is 2. The Labute approximate surface area is 213 Å². The molecule has 2 saturated heterocycles. The monoisotopic (exact) mass is 513 g/mol. The van der Waals surface area contributed by atoms with Crippen LogP contribution in [0.5, 0.6) is 0 Å². The minimum Gasteiger partial charge on any atom is -0.376 e. The van der Waals surface area contributed by atoms with Crippen molar-refractivity contribution in [2.24, 2.45) is 18.2 Å². The first-order valence-electron chi connectivity index (χ1n) is 11.6. The van der Waals surface area contributed by atoms with Crippen molar-refractivity contribution in [2.45, 2.75) is 41.8 Å². The van der Waals surface area contributed by atoms with Crippen LogP contribution < -0.4 is 16.0 Å². The van der Waals surface area contributed by atoms with Gasteiger partial charge in [0.05, 0.1) is 35.8 Å². The lowest BCUT2D eigenvalue weighted by atomic mass is 9.73. The molecule has 0 aliphatic carbocycles. The maximum atomic E-state index is 12.5. The quantitative estimate of drug-likeness (QED) is 0.532. The van der Waals surface area contributed by atoms with E-state index < -0.39 is 0 Å². The molecular weight excluding hydrogens is 486 g/mol. The second-order valence-corrected chi connectivity index (χ2v) is 10.6. The van der Waals surface area contributed by atoms with Gasteiger partial charge in [-0.15, -0.1) is 0 Å². The average Bonchev–Trinajstić information content (AvgIpc) is 3.42. The summed E-state index contributed by atoms with van der Waals surface area (Å²) in [5.74, 6) is 0.536. The standard InChI is InChI=1S/C24H28ClN7O2S/c1-15-22(26)24(14-34-15)7-10-32(11-8-24)19-12-28-20(13-27-19)35-18-5-3-4-16(21(18)25)29-23(33)17-6-9-31(2)30-17/h3-6,9,12-13,15,22H,7-8,10-11,14,26H2,1-2H3,(H,29,33)/t15-,22+/m0/s1. The smallest absolute Gasteiger partial charge is 0.276 e. The molecule has 4 heterocycles. The molecule has 9 nitrogen and oxygen atoms in total. The Morgan fingerprint density at radius 2 is 2.06 bits per heavy atom. The Bertz CT molecular complexity index is 1210. The number of halogens is 1. The van der Waals surface area contributed by atoms with Crippen LogP contribution in [0.4, 0.5) is 11.5 Å². The van der Waals surface area contributed by atoms with Gasteiger partial charge in [-0.2, -0.15) is 5.10 Å². The molecule has 0 saturated carbocycles. The molecule has 35 heavy (non-hydrogen) atoms. The summed E-state index contributed by atoms with van der Waals surface area (Å²) in [5, 5.41) is 8.11. The second-order valence-electron chi connectivity index (χ2n) is 9.15. The van der Waals surface area contributed by atoms with Gasteiger partial charge in [0.25, 0.3) is 5.91 Å². The predicted octanol–water partition coefficient (Wildman–Crippen LogP) is 3.60. The number of ether oxygens (including phenoxy) is 1. The van der Waals surface area contributed by atoms with Crippen LogP contribution in [0, 0.1) is 5.41 Å². The molecule has 3 N–H and O–H groups in total. The Hall–Kier alpha value is -2.66. The SMILES string of the molecule is C[C@@H]1OCC2(CCN(c3cnc(Sc4cccc(NC(=O)c5ccn(C)n5)c4Cl)cn3)CC2)[C@@H]1N. The molecule has 184 valence electrons. The van der Waals surface area contributed by atoms with Crippen LogP contribution in [-0.2, 0) is 11.8 Å². The highest BCUT2D eigenvalue weighted by Crippen LogP contribution is 2.42. The second kappa shape index (κ2) is 9.77. The number of amides is 1. The van der Waals surface area contributed by atoms with Crippen molar-refractivity contribution in [3.05, 3.63) is 53.6 Å². The van der Waals surface area contributed by atoms with Crippen LogP contribution in [0.15, 0.2) is 52.8 Å². The lowest BCUT2D eigenvalue weighted by Gasteiger charge is -2.41. The van der Waals surface area contributed by atoms with Crippen molar-refractivity contribution in [1.29, 1.82) is 0 Å². The fraction of sp³-hybridized carbons (Fsp3) is 0.417. The van der Waals surface area contributed by atoms with Crippen LogP contribution in [0.2, 0.25) is 5.02 Å². The van der Waals surface area contributed by atoms with Crippen LogP contribution in [-0.4, -0.2) is 57.5 Å². The summed E-state index contributed by atoms with van der Waals surface area (Å²) in [6, 6.07) is 7.22. The summed E-state index contributed by atoms with van der Waals surface area (Å²) in [7, 11) is 1.76. The maximum absolute atomic E-state index is 12.5. The largest absolute Gasteiger partial charge is 0.376 e. The Morgan fingerprint density at radius 3 is 2.69 bits per heavy atom. The molecule has 5 rings (SSSR count). The van der Waals surface area contributed by atoms with E-state index >= 15 is 0 Å². The van der Waals surface area contributed by atoms with E-state index in [4.69, 9.17) is 22.1 Å². The molecule has 2 aromatic heterocycles. The van der Waals surface area contributed by atoms with Gasteiger partial charge in [0.1, 0.15) is 10.8 Å². The highest BCUT2D eigenvalue weighted by molar-refractivity contribution is 7.99. The van der Waals surface area contributed by atoms with E-state index in [0.717, 1.165) is 48.3 Å². The van der Waals surface area contributed by atoms with Crippen molar-refractivity contribution >= 4 is 40.8 Å². The van der Waals surface area contributed by atoms with E-state index in [9.17, 15) is 4.79 Å². The predicted molar refractivity (Wildman–Crippen MR) is 136 cm³/mol. The average molecular weight is 514 g/mol. The van der Waals surface area contributed by atoms with Crippen LogP contribution in [0.25, 0.3) is 0 Å². The first kappa shape index (κ1) is 24.1. The summed E-state index contributed by atoms with van der Waals surface area (Å²) < 4.78 is 7.40. The number of hydrogen-bond acceptors (Lipinski definition) is 8. The molecule has 2 aliphatic rings. The molecule has 3 aromatic rings. The Balaban J connectivity index is 1.22. The third-order valence-electron chi connectivity index (χ3n) is 6.92. The number of piperidine rings is 1. The van der Waals surface area contributed by atoms with E-state index in [2.05, 4.69) is 32.2 Å². The van der Waals surface area contributed by atoms with Gasteiger partial charge in [-0.05, 0) is 38.0 Å². The number of nitrogens with two attached hydrogens (primary N) is 1. The van der Waals surface area contributed by atoms with Gasteiger partial charge in [-0.1, -0.05) is 29.4 Å².